The van der Waals surface area contributed by atoms with Crippen LogP contribution in [0.3, 0.4) is 0 Å². The van der Waals surface area contributed by atoms with Crippen LogP contribution in [0, 0.1) is 5.41 Å². The molecular formula is C15H21F3N2O. The van der Waals surface area contributed by atoms with E-state index in [1.165, 1.54) is 12.1 Å². The summed E-state index contributed by atoms with van der Waals surface area (Å²) in [5.41, 5.74) is 4.46. The number of nitrogens with two attached hydrogens (primary N) is 1. The van der Waals surface area contributed by atoms with Gasteiger partial charge in [0.05, 0.1) is 5.56 Å². The third-order valence-electron chi connectivity index (χ3n) is 3.26. The standard InChI is InChI=1S/C15H21F3N2O/c1-14(2,3)12(7-8-19)20-13(21)10-5-4-6-11(9-10)15(16,17)18/h4-6,9,12H,7-8,19H2,1-3H3,(H,20,21). The number of halogens is 3. The summed E-state index contributed by atoms with van der Waals surface area (Å²) in [5.74, 6) is -0.519. The molecule has 0 saturated heterocycles. The van der Waals surface area contributed by atoms with Crippen LogP contribution in [0.15, 0.2) is 24.3 Å². The molecule has 0 fully saturated rings. The van der Waals surface area contributed by atoms with Gasteiger partial charge in [0.15, 0.2) is 0 Å². The van der Waals surface area contributed by atoms with Crippen LogP contribution in [0.4, 0.5) is 13.2 Å². The molecule has 1 aromatic carbocycles. The van der Waals surface area contributed by atoms with E-state index in [2.05, 4.69) is 5.32 Å². The first-order valence-electron chi connectivity index (χ1n) is 6.74. The average molecular weight is 302 g/mol. The number of amides is 1. The second-order valence-electron chi connectivity index (χ2n) is 6.05. The highest BCUT2D eigenvalue weighted by Crippen LogP contribution is 2.29. The van der Waals surface area contributed by atoms with Gasteiger partial charge in [0, 0.05) is 11.6 Å². The van der Waals surface area contributed by atoms with Crippen molar-refractivity contribution in [2.45, 2.75) is 39.4 Å². The fourth-order valence-electron chi connectivity index (χ4n) is 1.97. The highest BCUT2D eigenvalue weighted by atomic mass is 19.4. The Labute approximate surface area is 122 Å². The molecule has 3 nitrogen and oxygen atoms in total. The predicted molar refractivity (Wildman–Crippen MR) is 75.8 cm³/mol. The molecule has 1 amide bonds. The van der Waals surface area contributed by atoms with E-state index in [1.54, 1.807) is 0 Å². The molecule has 0 spiro atoms. The van der Waals surface area contributed by atoms with Gasteiger partial charge in [-0.15, -0.1) is 0 Å². The maximum absolute atomic E-state index is 12.7. The second-order valence-corrected chi connectivity index (χ2v) is 6.05. The normalized spacial score (nSPS) is 13.9. The summed E-state index contributed by atoms with van der Waals surface area (Å²) in [6.07, 6.45) is -3.90. The molecule has 0 saturated carbocycles. The van der Waals surface area contributed by atoms with E-state index in [-0.39, 0.29) is 17.0 Å². The Morgan fingerprint density at radius 2 is 1.90 bits per heavy atom. The molecule has 0 aromatic heterocycles. The lowest BCUT2D eigenvalue weighted by molar-refractivity contribution is -0.137. The summed E-state index contributed by atoms with van der Waals surface area (Å²) >= 11 is 0. The Kier molecular flexibility index (Phi) is 5.39. The topological polar surface area (TPSA) is 55.1 Å². The first-order chi connectivity index (χ1) is 9.55. The molecule has 1 rings (SSSR count). The molecule has 21 heavy (non-hydrogen) atoms. The van der Waals surface area contributed by atoms with Crippen molar-refractivity contribution in [3.05, 3.63) is 35.4 Å². The van der Waals surface area contributed by atoms with Gasteiger partial charge in [-0.1, -0.05) is 26.8 Å². The maximum Gasteiger partial charge on any atom is 0.416 e. The van der Waals surface area contributed by atoms with Crippen LogP contribution >= 0.6 is 0 Å². The van der Waals surface area contributed by atoms with Crippen molar-refractivity contribution >= 4 is 5.91 Å². The van der Waals surface area contributed by atoms with Crippen molar-refractivity contribution in [2.24, 2.45) is 11.1 Å². The Morgan fingerprint density at radius 1 is 1.29 bits per heavy atom. The van der Waals surface area contributed by atoms with Crippen LogP contribution < -0.4 is 11.1 Å². The Hall–Kier alpha value is -1.56. The van der Waals surface area contributed by atoms with Gasteiger partial charge in [0.2, 0.25) is 0 Å². The number of hydrogen-bond donors (Lipinski definition) is 2. The lowest BCUT2D eigenvalue weighted by atomic mass is 9.84. The van der Waals surface area contributed by atoms with Gasteiger partial charge in [-0.25, -0.2) is 0 Å². The van der Waals surface area contributed by atoms with Gasteiger partial charge in [0.1, 0.15) is 0 Å². The fourth-order valence-corrected chi connectivity index (χ4v) is 1.97. The largest absolute Gasteiger partial charge is 0.416 e. The van der Waals surface area contributed by atoms with Crippen LogP contribution in [0.25, 0.3) is 0 Å². The molecule has 0 bridgehead atoms. The molecule has 0 aliphatic carbocycles. The van der Waals surface area contributed by atoms with Gasteiger partial charge >= 0.3 is 6.18 Å². The first kappa shape index (κ1) is 17.5. The molecule has 0 aliphatic heterocycles. The van der Waals surface area contributed by atoms with Crippen LogP contribution in [0.2, 0.25) is 0 Å². The van der Waals surface area contributed by atoms with Crippen molar-refractivity contribution in [1.29, 1.82) is 0 Å². The second kappa shape index (κ2) is 6.47. The van der Waals surface area contributed by atoms with E-state index in [4.69, 9.17) is 5.73 Å². The van der Waals surface area contributed by atoms with Crippen molar-refractivity contribution in [1.82, 2.24) is 5.32 Å². The van der Waals surface area contributed by atoms with Crippen LogP contribution in [0.1, 0.15) is 43.1 Å². The number of carbonyl (C=O) groups excluding carboxylic acids is 1. The SMILES string of the molecule is CC(C)(C)C(CCN)NC(=O)c1cccc(C(F)(F)F)c1. The number of benzene rings is 1. The minimum absolute atomic E-state index is 0.00361. The highest BCUT2D eigenvalue weighted by Gasteiger charge is 2.31. The van der Waals surface area contributed by atoms with E-state index < -0.39 is 17.6 Å². The van der Waals surface area contributed by atoms with E-state index in [0.29, 0.717) is 13.0 Å². The molecular weight excluding hydrogens is 281 g/mol. The Balaban J connectivity index is 2.93. The number of nitrogens with one attached hydrogen (secondary N) is 1. The number of alkyl halides is 3. The van der Waals surface area contributed by atoms with Crippen LogP contribution in [-0.2, 0) is 6.18 Å². The third-order valence-corrected chi connectivity index (χ3v) is 3.26. The molecule has 0 heterocycles. The lowest BCUT2D eigenvalue weighted by Gasteiger charge is -2.31. The summed E-state index contributed by atoms with van der Waals surface area (Å²) in [5, 5.41) is 2.77. The first-order valence-corrected chi connectivity index (χ1v) is 6.74. The summed E-state index contributed by atoms with van der Waals surface area (Å²) < 4.78 is 38.0. The van der Waals surface area contributed by atoms with E-state index in [0.717, 1.165) is 12.1 Å². The molecule has 118 valence electrons. The molecule has 1 aromatic rings. The lowest BCUT2D eigenvalue weighted by Crippen LogP contribution is -2.44. The minimum Gasteiger partial charge on any atom is -0.349 e. The van der Waals surface area contributed by atoms with E-state index >= 15 is 0 Å². The van der Waals surface area contributed by atoms with Crippen molar-refractivity contribution in [3.8, 4) is 0 Å². The van der Waals surface area contributed by atoms with Gasteiger partial charge in [-0.2, -0.15) is 13.2 Å². The average Bonchev–Trinajstić information content (AvgIpc) is 2.36. The zero-order valence-corrected chi connectivity index (χ0v) is 12.4. The maximum atomic E-state index is 12.7. The molecule has 1 atom stereocenters. The molecule has 3 N–H and O–H groups in total. The summed E-state index contributed by atoms with van der Waals surface area (Å²) in [6, 6.07) is 4.19. The monoisotopic (exact) mass is 302 g/mol. The zero-order valence-electron chi connectivity index (χ0n) is 12.4. The number of rotatable bonds is 4. The third kappa shape index (κ3) is 5.04. The van der Waals surface area contributed by atoms with Crippen LogP contribution in [-0.4, -0.2) is 18.5 Å². The fraction of sp³-hybridized carbons (Fsp3) is 0.533. The van der Waals surface area contributed by atoms with Crippen LogP contribution in [0.5, 0.6) is 0 Å². The molecule has 0 radical (unpaired) electrons. The van der Waals surface area contributed by atoms with Crippen molar-refractivity contribution in [3.63, 3.8) is 0 Å². The quantitative estimate of drug-likeness (QED) is 0.897. The van der Waals surface area contributed by atoms with Gasteiger partial charge in [-0.05, 0) is 36.6 Å². The highest BCUT2D eigenvalue weighted by molar-refractivity contribution is 5.94. The molecule has 1 unspecified atom stereocenters. The Morgan fingerprint density at radius 3 is 2.38 bits per heavy atom. The van der Waals surface area contributed by atoms with Gasteiger partial charge in [0.25, 0.3) is 5.91 Å². The van der Waals surface area contributed by atoms with E-state index in [1.807, 2.05) is 20.8 Å². The van der Waals surface area contributed by atoms with Crippen molar-refractivity contribution < 1.29 is 18.0 Å². The molecule has 0 aliphatic rings. The number of hydrogen-bond acceptors (Lipinski definition) is 2. The van der Waals surface area contributed by atoms with Crippen molar-refractivity contribution in [2.75, 3.05) is 6.54 Å². The zero-order chi connectivity index (χ0) is 16.3. The summed E-state index contributed by atoms with van der Waals surface area (Å²) in [4.78, 5) is 12.1. The van der Waals surface area contributed by atoms with E-state index in [9.17, 15) is 18.0 Å². The Bertz CT molecular complexity index is 492. The van der Waals surface area contributed by atoms with Gasteiger partial charge in [-0.3, -0.25) is 4.79 Å². The number of carbonyl (C=O) groups is 1. The summed E-state index contributed by atoms with van der Waals surface area (Å²) in [6.45, 7) is 6.23. The molecule has 6 heteroatoms. The minimum atomic E-state index is -4.46. The van der Waals surface area contributed by atoms with Gasteiger partial charge < -0.3 is 11.1 Å². The predicted octanol–water partition coefficient (Wildman–Crippen LogP) is 3.20. The smallest absolute Gasteiger partial charge is 0.349 e. The summed E-state index contributed by atoms with van der Waals surface area (Å²) in [7, 11) is 0.